The molecule has 41 heavy (non-hydrogen) atoms. The fraction of sp³-hybridized carbons (Fsp3) is 0.345. The molecule has 0 fully saturated rings. The summed E-state index contributed by atoms with van der Waals surface area (Å²) < 4.78 is 17.8. The second kappa shape index (κ2) is 12.9. The number of anilines is 1. The van der Waals surface area contributed by atoms with Gasteiger partial charge in [-0.25, -0.2) is 9.79 Å². The number of hydrogen-bond acceptors (Lipinski definition) is 10. The number of nitro benzene ring substituents is 1. The van der Waals surface area contributed by atoms with Crippen molar-refractivity contribution in [3.05, 3.63) is 94.7 Å². The van der Waals surface area contributed by atoms with Crippen molar-refractivity contribution in [3.63, 3.8) is 0 Å². The zero-order chi connectivity index (χ0) is 29.7. The van der Waals surface area contributed by atoms with E-state index in [1.165, 1.54) is 24.9 Å². The Hall–Kier alpha value is -4.29. The van der Waals surface area contributed by atoms with Crippen molar-refractivity contribution in [1.82, 2.24) is 4.57 Å². The van der Waals surface area contributed by atoms with Gasteiger partial charge in [0.2, 0.25) is 0 Å². The molecule has 216 valence electrons. The molecule has 2 heterocycles. The summed E-state index contributed by atoms with van der Waals surface area (Å²) in [4.78, 5) is 45.6. The Morgan fingerprint density at radius 1 is 1.17 bits per heavy atom. The first-order valence-electron chi connectivity index (χ1n) is 13.1. The normalized spacial score (nSPS) is 14.9. The zero-order valence-corrected chi connectivity index (χ0v) is 24.4. The number of methoxy groups -OCH3 is 2. The lowest BCUT2D eigenvalue weighted by Crippen LogP contribution is -2.40. The summed E-state index contributed by atoms with van der Waals surface area (Å²) in [5.74, 6) is -0.123. The summed E-state index contributed by atoms with van der Waals surface area (Å²) in [5, 5.41) is 11.9. The van der Waals surface area contributed by atoms with Gasteiger partial charge in [0.1, 0.15) is 24.1 Å². The van der Waals surface area contributed by atoms with E-state index in [9.17, 15) is 19.7 Å². The molecule has 0 N–H and O–H groups in total. The fourth-order valence-corrected chi connectivity index (χ4v) is 5.87. The van der Waals surface area contributed by atoms with E-state index in [-0.39, 0.29) is 24.5 Å². The molecule has 0 amide bonds. The molecule has 0 saturated heterocycles. The molecule has 1 aliphatic heterocycles. The number of esters is 1. The number of thiazole rings is 1. The molecule has 0 bridgehead atoms. The van der Waals surface area contributed by atoms with E-state index in [1.54, 1.807) is 49.4 Å². The number of rotatable bonds is 11. The van der Waals surface area contributed by atoms with Crippen molar-refractivity contribution in [2.75, 3.05) is 45.4 Å². The lowest BCUT2D eigenvalue weighted by molar-refractivity contribution is -0.384. The van der Waals surface area contributed by atoms with E-state index < -0.39 is 22.5 Å². The molecule has 0 saturated carbocycles. The first-order chi connectivity index (χ1) is 19.7. The van der Waals surface area contributed by atoms with Crippen LogP contribution in [0.4, 0.5) is 11.4 Å². The standard InChI is InChI=1S/C29H32N4O7S/c1-6-31(7-2)21-13-12-19(16-22(21)33(36)37)17-24-27(34)32-26(20-10-8-9-11-23(20)39-5)25(18(3)30-29(32)41-24)28(35)40-15-14-38-4/h8-13,16-17,26H,6-7,14-15H2,1-5H3. The summed E-state index contributed by atoms with van der Waals surface area (Å²) in [6.07, 6.45) is 1.61. The van der Waals surface area contributed by atoms with Crippen molar-refractivity contribution in [1.29, 1.82) is 0 Å². The Morgan fingerprint density at radius 3 is 2.56 bits per heavy atom. The highest BCUT2D eigenvalue weighted by atomic mass is 32.1. The minimum atomic E-state index is -0.862. The SMILES string of the molecule is CCN(CC)c1ccc(C=c2sc3n(c2=O)C(c2ccccc2OC)C(C(=O)OCCOC)=C(C)N=3)cc1[N+](=O)[O-]. The molecule has 1 atom stereocenters. The van der Waals surface area contributed by atoms with Gasteiger partial charge < -0.3 is 19.1 Å². The third-order valence-electron chi connectivity index (χ3n) is 6.79. The van der Waals surface area contributed by atoms with Crippen LogP contribution in [0.3, 0.4) is 0 Å². The smallest absolute Gasteiger partial charge is 0.338 e. The topological polar surface area (TPSA) is 126 Å². The summed E-state index contributed by atoms with van der Waals surface area (Å²) in [6.45, 7) is 7.06. The average Bonchev–Trinajstić information content (AvgIpc) is 3.27. The number of fused-ring (bicyclic) bond motifs is 1. The van der Waals surface area contributed by atoms with Crippen LogP contribution in [-0.4, -0.2) is 56.0 Å². The number of aromatic nitrogens is 1. The molecule has 11 nitrogen and oxygen atoms in total. The molecule has 4 rings (SSSR count). The predicted molar refractivity (Wildman–Crippen MR) is 156 cm³/mol. The molecular weight excluding hydrogens is 548 g/mol. The third-order valence-corrected chi connectivity index (χ3v) is 7.78. The lowest BCUT2D eigenvalue weighted by Gasteiger charge is -2.26. The van der Waals surface area contributed by atoms with Crippen LogP contribution in [0.15, 0.2) is 63.5 Å². The van der Waals surface area contributed by atoms with Gasteiger partial charge in [0, 0.05) is 31.8 Å². The number of benzene rings is 2. The van der Waals surface area contributed by atoms with Crippen LogP contribution in [0.1, 0.15) is 37.9 Å². The summed E-state index contributed by atoms with van der Waals surface area (Å²) >= 11 is 1.14. The summed E-state index contributed by atoms with van der Waals surface area (Å²) in [5.41, 5.74) is 1.80. The predicted octanol–water partition coefficient (Wildman–Crippen LogP) is 3.19. The van der Waals surface area contributed by atoms with Crippen LogP contribution in [0, 0.1) is 10.1 Å². The number of nitro groups is 1. The molecule has 0 radical (unpaired) electrons. The highest BCUT2D eigenvalue weighted by Crippen LogP contribution is 2.35. The Bertz CT molecular complexity index is 1670. The van der Waals surface area contributed by atoms with Crippen LogP contribution in [0.25, 0.3) is 6.08 Å². The third kappa shape index (κ3) is 5.93. The molecule has 1 aromatic heterocycles. The maximum Gasteiger partial charge on any atom is 0.338 e. The van der Waals surface area contributed by atoms with Gasteiger partial charge in [-0.3, -0.25) is 19.5 Å². The molecular formula is C29H32N4O7S. The van der Waals surface area contributed by atoms with E-state index in [0.29, 0.717) is 50.7 Å². The number of allylic oxidation sites excluding steroid dienone is 1. The van der Waals surface area contributed by atoms with Gasteiger partial charge >= 0.3 is 5.97 Å². The quantitative estimate of drug-likeness (QED) is 0.147. The number of para-hydroxylation sites is 1. The first kappa shape index (κ1) is 29.7. The Balaban J connectivity index is 1.90. The Morgan fingerprint density at radius 2 is 1.90 bits per heavy atom. The number of ether oxygens (including phenoxy) is 3. The van der Waals surface area contributed by atoms with Crippen molar-refractivity contribution < 1.29 is 23.9 Å². The highest BCUT2D eigenvalue weighted by molar-refractivity contribution is 7.07. The van der Waals surface area contributed by atoms with Gasteiger partial charge in [-0.1, -0.05) is 35.6 Å². The van der Waals surface area contributed by atoms with Crippen LogP contribution < -0.4 is 24.5 Å². The fourth-order valence-electron chi connectivity index (χ4n) is 4.82. The average molecular weight is 581 g/mol. The van der Waals surface area contributed by atoms with E-state index in [0.717, 1.165) is 11.3 Å². The summed E-state index contributed by atoms with van der Waals surface area (Å²) in [7, 11) is 3.03. The van der Waals surface area contributed by atoms with E-state index in [4.69, 9.17) is 14.2 Å². The Kier molecular flexibility index (Phi) is 9.35. The molecule has 0 aliphatic carbocycles. The van der Waals surface area contributed by atoms with Gasteiger partial charge in [-0.05, 0) is 44.5 Å². The zero-order valence-electron chi connectivity index (χ0n) is 23.6. The molecule has 3 aromatic rings. The van der Waals surface area contributed by atoms with Gasteiger partial charge in [-0.15, -0.1) is 0 Å². The lowest BCUT2D eigenvalue weighted by atomic mass is 9.95. The molecule has 1 unspecified atom stereocenters. The first-order valence-corrected chi connectivity index (χ1v) is 13.9. The van der Waals surface area contributed by atoms with Crippen molar-refractivity contribution in [2.45, 2.75) is 26.8 Å². The maximum absolute atomic E-state index is 13.9. The van der Waals surface area contributed by atoms with Gasteiger partial charge in [0.05, 0.1) is 34.4 Å². The largest absolute Gasteiger partial charge is 0.496 e. The number of carbonyl (C=O) groups is 1. The number of carbonyl (C=O) groups excluding carboxylic acids is 1. The minimum Gasteiger partial charge on any atom is -0.496 e. The van der Waals surface area contributed by atoms with Crippen molar-refractivity contribution >= 4 is 34.8 Å². The summed E-state index contributed by atoms with van der Waals surface area (Å²) in [6, 6.07) is 11.2. The maximum atomic E-state index is 13.9. The molecule has 0 spiro atoms. The number of hydrogen-bond donors (Lipinski definition) is 0. The van der Waals surface area contributed by atoms with Crippen LogP contribution in [0.2, 0.25) is 0 Å². The van der Waals surface area contributed by atoms with Crippen LogP contribution in [0.5, 0.6) is 5.75 Å². The monoisotopic (exact) mass is 580 g/mol. The molecule has 2 aromatic carbocycles. The second-order valence-electron chi connectivity index (χ2n) is 9.13. The van der Waals surface area contributed by atoms with E-state index in [1.807, 2.05) is 18.7 Å². The molecule has 12 heteroatoms. The van der Waals surface area contributed by atoms with Gasteiger partial charge in [0.15, 0.2) is 4.80 Å². The Labute approximate surface area is 240 Å². The van der Waals surface area contributed by atoms with E-state index in [2.05, 4.69) is 4.99 Å². The highest BCUT2D eigenvalue weighted by Gasteiger charge is 2.35. The second-order valence-corrected chi connectivity index (χ2v) is 10.1. The number of nitrogens with zero attached hydrogens (tertiary/aromatic N) is 4. The minimum absolute atomic E-state index is 0.0391. The van der Waals surface area contributed by atoms with Crippen LogP contribution >= 0.6 is 11.3 Å². The van der Waals surface area contributed by atoms with Gasteiger partial charge in [-0.2, -0.15) is 0 Å². The van der Waals surface area contributed by atoms with E-state index >= 15 is 0 Å². The van der Waals surface area contributed by atoms with Gasteiger partial charge in [0.25, 0.3) is 11.2 Å². The van der Waals surface area contributed by atoms with Crippen LogP contribution in [-0.2, 0) is 14.3 Å². The van der Waals surface area contributed by atoms with Crippen molar-refractivity contribution in [3.8, 4) is 5.75 Å². The molecule has 1 aliphatic rings. The van der Waals surface area contributed by atoms with Crippen molar-refractivity contribution in [2.24, 2.45) is 4.99 Å².